The number of carbonyl (C=O) groups excluding carboxylic acids is 1. The molecule has 4 nitrogen and oxygen atoms in total. The summed E-state index contributed by atoms with van der Waals surface area (Å²) >= 11 is 5.94. The van der Waals surface area contributed by atoms with Gasteiger partial charge in [-0.3, -0.25) is 9.69 Å². The molecule has 2 atom stereocenters. The molecule has 188 valence electrons. The highest BCUT2D eigenvalue weighted by molar-refractivity contribution is 6.30. The number of anilines is 1. The smallest absolute Gasteiger partial charge is 0.224 e. The Kier molecular flexibility index (Phi) is 12.0. The molecule has 1 aliphatic rings. The van der Waals surface area contributed by atoms with Gasteiger partial charge in [-0.15, -0.1) is 0 Å². The van der Waals surface area contributed by atoms with E-state index in [4.69, 9.17) is 11.6 Å². The van der Waals surface area contributed by atoms with Gasteiger partial charge >= 0.3 is 0 Å². The van der Waals surface area contributed by atoms with E-state index in [9.17, 15) is 9.18 Å². The van der Waals surface area contributed by atoms with Gasteiger partial charge in [0.15, 0.2) is 0 Å². The first-order chi connectivity index (χ1) is 16.3. The minimum atomic E-state index is -0.288. The molecule has 1 heterocycles. The highest BCUT2D eigenvalue weighted by Crippen LogP contribution is 2.32. The zero-order valence-electron chi connectivity index (χ0n) is 21.4. The lowest BCUT2D eigenvalue weighted by atomic mass is 9.98. The Bertz CT molecular complexity index is 872. The maximum absolute atomic E-state index is 13.6. The number of hydrogen-bond donors (Lipinski definition) is 0. The summed E-state index contributed by atoms with van der Waals surface area (Å²) in [6.07, 6.45) is 4.11. The fraction of sp³-hybridized carbons (Fsp3) is 0.536. The second-order valence-electron chi connectivity index (χ2n) is 9.00. The van der Waals surface area contributed by atoms with Crippen molar-refractivity contribution in [3.63, 3.8) is 0 Å². The van der Waals surface area contributed by atoms with Gasteiger partial charge < -0.3 is 9.80 Å². The number of likely N-dealkylation sites (tertiary alicyclic amines) is 1. The number of nitrogens with zero attached hydrogens (tertiary/aromatic N) is 3. The Morgan fingerprint density at radius 1 is 1.15 bits per heavy atom. The van der Waals surface area contributed by atoms with Gasteiger partial charge in [-0.05, 0) is 81.5 Å². The van der Waals surface area contributed by atoms with E-state index in [1.54, 1.807) is 23.1 Å². The summed E-state index contributed by atoms with van der Waals surface area (Å²) < 4.78 is 13.6. The van der Waals surface area contributed by atoms with Crippen LogP contribution in [0.25, 0.3) is 0 Å². The fourth-order valence-corrected chi connectivity index (χ4v) is 4.81. The van der Waals surface area contributed by atoms with Gasteiger partial charge in [-0.25, -0.2) is 4.39 Å². The van der Waals surface area contributed by atoms with Crippen molar-refractivity contribution in [3.05, 3.63) is 64.9 Å². The van der Waals surface area contributed by atoms with Crippen molar-refractivity contribution in [3.8, 4) is 0 Å². The van der Waals surface area contributed by atoms with E-state index in [2.05, 4.69) is 37.6 Å². The van der Waals surface area contributed by atoms with Gasteiger partial charge in [0.25, 0.3) is 0 Å². The third-order valence-corrected chi connectivity index (χ3v) is 6.77. The Morgan fingerprint density at radius 3 is 2.32 bits per heavy atom. The van der Waals surface area contributed by atoms with E-state index in [1.807, 2.05) is 18.2 Å². The van der Waals surface area contributed by atoms with Crippen LogP contribution < -0.4 is 4.90 Å². The maximum Gasteiger partial charge on any atom is 0.224 e. The normalized spacial score (nSPS) is 16.8. The Morgan fingerprint density at radius 2 is 1.82 bits per heavy atom. The summed E-state index contributed by atoms with van der Waals surface area (Å²) in [6, 6.07) is 14.3. The summed E-state index contributed by atoms with van der Waals surface area (Å²) in [6.45, 7) is 13.1. The maximum atomic E-state index is 13.6. The molecule has 34 heavy (non-hydrogen) atoms. The molecule has 3 rings (SSSR count). The molecule has 2 aromatic carbocycles. The molecule has 1 aliphatic heterocycles. The SMILES string of the molecule is CCCC[C@H](c1cccc(F)c1)N(C(C)=O)c1ccc(Cl)cc1.CCN(CC)C1CCN(C)C1. The predicted octanol–water partition coefficient (Wildman–Crippen LogP) is 6.80. The topological polar surface area (TPSA) is 26.8 Å². The summed E-state index contributed by atoms with van der Waals surface area (Å²) in [7, 11) is 2.21. The summed E-state index contributed by atoms with van der Waals surface area (Å²) in [4.78, 5) is 19.0. The average Bonchev–Trinajstić information content (AvgIpc) is 3.24. The molecule has 0 bridgehead atoms. The largest absolute Gasteiger partial charge is 0.305 e. The van der Waals surface area contributed by atoms with Gasteiger partial charge in [0.05, 0.1) is 6.04 Å². The van der Waals surface area contributed by atoms with Crippen molar-refractivity contribution in [1.82, 2.24) is 9.80 Å². The Balaban J connectivity index is 0.000000310. The third kappa shape index (κ3) is 8.37. The number of rotatable bonds is 9. The summed E-state index contributed by atoms with van der Waals surface area (Å²) in [5.74, 6) is -0.360. The van der Waals surface area contributed by atoms with Crippen molar-refractivity contribution in [1.29, 1.82) is 0 Å². The van der Waals surface area contributed by atoms with Crippen LogP contribution in [0.3, 0.4) is 0 Å². The van der Waals surface area contributed by atoms with Crippen LogP contribution in [-0.4, -0.2) is 55.0 Å². The van der Waals surface area contributed by atoms with E-state index in [0.717, 1.165) is 36.6 Å². The van der Waals surface area contributed by atoms with E-state index in [0.29, 0.717) is 5.02 Å². The second-order valence-corrected chi connectivity index (χ2v) is 9.44. The molecule has 1 amide bonds. The fourth-order valence-electron chi connectivity index (χ4n) is 4.69. The van der Waals surface area contributed by atoms with Gasteiger partial charge in [-0.1, -0.05) is 57.3 Å². The van der Waals surface area contributed by atoms with Crippen molar-refractivity contribution in [2.75, 3.05) is 38.1 Å². The molecule has 0 N–H and O–H groups in total. The van der Waals surface area contributed by atoms with Gasteiger partial charge in [0.2, 0.25) is 5.91 Å². The molecular formula is C28H41ClFN3O. The van der Waals surface area contributed by atoms with Crippen LogP contribution in [0.1, 0.15) is 65.0 Å². The van der Waals surface area contributed by atoms with E-state index < -0.39 is 0 Å². The zero-order chi connectivity index (χ0) is 25.1. The number of likely N-dealkylation sites (N-methyl/N-ethyl adjacent to an activating group) is 2. The molecule has 6 heteroatoms. The monoisotopic (exact) mass is 489 g/mol. The van der Waals surface area contributed by atoms with Crippen LogP contribution in [0.5, 0.6) is 0 Å². The van der Waals surface area contributed by atoms with Gasteiger partial charge in [0, 0.05) is 30.2 Å². The third-order valence-electron chi connectivity index (χ3n) is 6.52. The Hall–Kier alpha value is -1.95. The van der Waals surface area contributed by atoms with Crippen LogP contribution in [-0.2, 0) is 4.79 Å². The van der Waals surface area contributed by atoms with Crippen LogP contribution in [0, 0.1) is 5.82 Å². The van der Waals surface area contributed by atoms with E-state index >= 15 is 0 Å². The number of hydrogen-bond acceptors (Lipinski definition) is 3. The molecule has 0 spiro atoms. The van der Waals surface area contributed by atoms with Crippen molar-refractivity contribution < 1.29 is 9.18 Å². The van der Waals surface area contributed by atoms with Crippen LogP contribution in [0.15, 0.2) is 48.5 Å². The first-order valence-electron chi connectivity index (χ1n) is 12.5. The molecule has 2 aromatic rings. The van der Waals surface area contributed by atoms with Gasteiger partial charge in [-0.2, -0.15) is 0 Å². The molecule has 1 saturated heterocycles. The van der Waals surface area contributed by atoms with Crippen molar-refractivity contribution >= 4 is 23.2 Å². The number of amides is 1. The summed E-state index contributed by atoms with van der Waals surface area (Å²) in [5, 5.41) is 0.619. The van der Waals surface area contributed by atoms with Crippen LogP contribution in [0.4, 0.5) is 10.1 Å². The molecule has 1 unspecified atom stereocenters. The molecule has 0 aromatic heterocycles. The predicted molar refractivity (Wildman–Crippen MR) is 142 cm³/mol. The van der Waals surface area contributed by atoms with Crippen molar-refractivity contribution in [2.45, 2.75) is 65.5 Å². The Labute approximate surface area is 210 Å². The van der Waals surface area contributed by atoms with E-state index in [-0.39, 0.29) is 17.8 Å². The number of halogens is 2. The lowest BCUT2D eigenvalue weighted by Crippen LogP contribution is -2.36. The molecular weight excluding hydrogens is 449 g/mol. The number of carbonyl (C=O) groups is 1. The highest BCUT2D eigenvalue weighted by Gasteiger charge is 2.25. The first-order valence-corrected chi connectivity index (χ1v) is 12.9. The van der Waals surface area contributed by atoms with E-state index in [1.165, 1.54) is 51.7 Å². The van der Waals surface area contributed by atoms with Crippen molar-refractivity contribution in [2.24, 2.45) is 0 Å². The first kappa shape index (κ1) is 28.3. The zero-order valence-corrected chi connectivity index (χ0v) is 22.2. The standard InChI is InChI=1S/C19H21ClFNO.C9H20N2/c1-3-4-8-19(15-6-5-7-17(21)13-15)22(14(2)23)18-11-9-16(20)10-12-18;1-4-11(5-2)9-6-7-10(3)8-9/h5-7,9-13,19H,3-4,8H2,1-2H3;9H,4-8H2,1-3H3/t19-;/m1./s1. The lowest BCUT2D eigenvalue weighted by Gasteiger charge is -2.31. The molecule has 0 aliphatic carbocycles. The quantitative estimate of drug-likeness (QED) is 0.387. The number of benzene rings is 2. The molecule has 0 saturated carbocycles. The lowest BCUT2D eigenvalue weighted by molar-refractivity contribution is -0.117. The minimum Gasteiger partial charge on any atom is -0.305 e. The highest BCUT2D eigenvalue weighted by atomic mass is 35.5. The molecule has 1 fully saturated rings. The van der Waals surface area contributed by atoms with Crippen LogP contribution >= 0.6 is 11.6 Å². The second kappa shape index (κ2) is 14.4. The summed E-state index contributed by atoms with van der Waals surface area (Å²) in [5.41, 5.74) is 1.58. The minimum absolute atomic E-state index is 0.0716. The van der Waals surface area contributed by atoms with Gasteiger partial charge in [0.1, 0.15) is 5.82 Å². The average molecular weight is 490 g/mol. The number of unbranched alkanes of at least 4 members (excludes halogenated alkanes) is 1. The van der Waals surface area contributed by atoms with Crippen LogP contribution in [0.2, 0.25) is 5.02 Å². The molecule has 0 radical (unpaired) electrons.